The molecular weight excluding hydrogens is 214 g/mol. The molecule has 0 aliphatic heterocycles. The molecule has 1 aliphatic carbocycles. The van der Waals surface area contributed by atoms with Gasteiger partial charge >= 0.3 is 0 Å². The average molecular weight is 235 g/mol. The third kappa shape index (κ3) is 3.20. The number of hydrogen-bond acceptors (Lipinski definition) is 3. The monoisotopic (exact) mass is 235 g/mol. The van der Waals surface area contributed by atoms with Gasteiger partial charge in [-0.15, -0.1) is 0 Å². The zero-order valence-corrected chi connectivity index (χ0v) is 10.5. The van der Waals surface area contributed by atoms with E-state index in [4.69, 9.17) is 4.74 Å². The molecule has 0 bridgehead atoms. The summed E-state index contributed by atoms with van der Waals surface area (Å²) in [6.07, 6.45) is 2.13. The molecule has 0 radical (unpaired) electrons. The highest BCUT2D eigenvalue weighted by Crippen LogP contribution is 2.32. The van der Waals surface area contributed by atoms with Crippen molar-refractivity contribution in [3.63, 3.8) is 0 Å². The van der Waals surface area contributed by atoms with Crippen molar-refractivity contribution in [2.45, 2.75) is 31.9 Å². The van der Waals surface area contributed by atoms with Crippen LogP contribution in [0.5, 0.6) is 5.75 Å². The third-order valence-corrected chi connectivity index (χ3v) is 3.46. The summed E-state index contributed by atoms with van der Waals surface area (Å²) in [4.78, 5) is 0. The van der Waals surface area contributed by atoms with Crippen LogP contribution >= 0.6 is 0 Å². The molecule has 0 spiro atoms. The van der Waals surface area contributed by atoms with Gasteiger partial charge in [0.05, 0.1) is 13.2 Å². The molecule has 3 nitrogen and oxygen atoms in total. The van der Waals surface area contributed by atoms with E-state index < -0.39 is 6.10 Å². The van der Waals surface area contributed by atoms with Crippen molar-refractivity contribution in [2.24, 2.45) is 5.92 Å². The van der Waals surface area contributed by atoms with E-state index in [2.05, 4.69) is 12.2 Å². The van der Waals surface area contributed by atoms with Crippen LogP contribution in [-0.4, -0.2) is 24.8 Å². The maximum Gasteiger partial charge on any atom is 0.124 e. The standard InChI is InChI=1S/C14H21NO2/c1-10(11-7-8-11)15-9-13(16)12-5-3-4-6-14(12)17-2/h3-6,10-11,13,15-16H,7-9H2,1-2H3. The van der Waals surface area contributed by atoms with Gasteiger partial charge in [0, 0.05) is 18.2 Å². The highest BCUT2D eigenvalue weighted by atomic mass is 16.5. The van der Waals surface area contributed by atoms with Gasteiger partial charge in [-0.1, -0.05) is 18.2 Å². The molecule has 2 atom stereocenters. The van der Waals surface area contributed by atoms with E-state index in [0.29, 0.717) is 12.6 Å². The number of hydrogen-bond donors (Lipinski definition) is 2. The number of ether oxygens (including phenoxy) is 1. The van der Waals surface area contributed by atoms with Gasteiger partial charge < -0.3 is 15.2 Å². The van der Waals surface area contributed by atoms with E-state index in [9.17, 15) is 5.11 Å². The number of aliphatic hydroxyl groups is 1. The van der Waals surface area contributed by atoms with E-state index in [1.807, 2.05) is 24.3 Å². The van der Waals surface area contributed by atoms with Gasteiger partial charge in [0.15, 0.2) is 0 Å². The molecule has 3 heteroatoms. The summed E-state index contributed by atoms with van der Waals surface area (Å²) in [7, 11) is 1.63. The Labute approximate surface area is 103 Å². The molecule has 2 rings (SSSR count). The molecule has 0 amide bonds. The zero-order chi connectivity index (χ0) is 12.3. The van der Waals surface area contributed by atoms with Crippen LogP contribution in [0.3, 0.4) is 0 Å². The summed E-state index contributed by atoms with van der Waals surface area (Å²) in [6.45, 7) is 2.77. The van der Waals surface area contributed by atoms with Crippen LogP contribution in [0.1, 0.15) is 31.4 Å². The molecule has 94 valence electrons. The van der Waals surface area contributed by atoms with Crippen LogP contribution in [0.25, 0.3) is 0 Å². The quantitative estimate of drug-likeness (QED) is 0.793. The fourth-order valence-electron chi connectivity index (χ4n) is 2.11. The Hall–Kier alpha value is -1.06. The smallest absolute Gasteiger partial charge is 0.124 e. The minimum Gasteiger partial charge on any atom is -0.496 e. The largest absolute Gasteiger partial charge is 0.496 e. The Kier molecular flexibility index (Phi) is 4.02. The van der Waals surface area contributed by atoms with Gasteiger partial charge in [-0.3, -0.25) is 0 Å². The molecule has 17 heavy (non-hydrogen) atoms. The van der Waals surface area contributed by atoms with Crippen molar-refractivity contribution in [3.05, 3.63) is 29.8 Å². The van der Waals surface area contributed by atoms with Crippen LogP contribution < -0.4 is 10.1 Å². The van der Waals surface area contributed by atoms with Crippen molar-refractivity contribution in [3.8, 4) is 5.75 Å². The third-order valence-electron chi connectivity index (χ3n) is 3.46. The van der Waals surface area contributed by atoms with E-state index in [1.54, 1.807) is 7.11 Å². The first-order valence-corrected chi connectivity index (χ1v) is 6.26. The number of benzene rings is 1. The molecule has 2 N–H and O–H groups in total. The van der Waals surface area contributed by atoms with Crippen LogP contribution in [0.15, 0.2) is 24.3 Å². The minimum atomic E-state index is -0.507. The fourth-order valence-corrected chi connectivity index (χ4v) is 2.11. The predicted octanol–water partition coefficient (Wildman–Crippen LogP) is 2.12. The van der Waals surface area contributed by atoms with E-state index in [-0.39, 0.29) is 0 Å². The van der Waals surface area contributed by atoms with E-state index in [0.717, 1.165) is 17.2 Å². The zero-order valence-electron chi connectivity index (χ0n) is 10.5. The normalized spacial score (nSPS) is 18.8. The van der Waals surface area contributed by atoms with Crippen molar-refractivity contribution in [2.75, 3.05) is 13.7 Å². The lowest BCUT2D eigenvalue weighted by Gasteiger charge is -2.18. The lowest BCUT2D eigenvalue weighted by Crippen LogP contribution is -2.32. The average Bonchev–Trinajstić information content (AvgIpc) is 3.19. The molecule has 0 heterocycles. The number of nitrogens with one attached hydrogen (secondary N) is 1. The van der Waals surface area contributed by atoms with Gasteiger partial charge in [0.2, 0.25) is 0 Å². The van der Waals surface area contributed by atoms with E-state index in [1.165, 1.54) is 12.8 Å². The molecular formula is C14H21NO2. The topological polar surface area (TPSA) is 41.5 Å². The summed E-state index contributed by atoms with van der Waals surface area (Å²) in [5.74, 6) is 1.56. The van der Waals surface area contributed by atoms with Crippen LogP contribution in [-0.2, 0) is 0 Å². The first-order valence-electron chi connectivity index (χ1n) is 6.26. The molecule has 1 fully saturated rings. The van der Waals surface area contributed by atoms with Crippen molar-refractivity contribution >= 4 is 0 Å². The van der Waals surface area contributed by atoms with Crippen molar-refractivity contribution in [1.82, 2.24) is 5.32 Å². The van der Waals surface area contributed by atoms with E-state index >= 15 is 0 Å². The second kappa shape index (κ2) is 5.52. The Bertz CT molecular complexity index is 363. The molecule has 1 aliphatic rings. The Morgan fingerprint density at radius 2 is 2.12 bits per heavy atom. The second-order valence-corrected chi connectivity index (χ2v) is 4.79. The minimum absolute atomic E-state index is 0.499. The lowest BCUT2D eigenvalue weighted by molar-refractivity contribution is 0.165. The lowest BCUT2D eigenvalue weighted by atomic mass is 10.1. The molecule has 0 aromatic heterocycles. The molecule has 1 saturated carbocycles. The summed E-state index contributed by atoms with van der Waals surface area (Å²) in [5, 5.41) is 13.5. The van der Waals surface area contributed by atoms with Gasteiger partial charge in [0.1, 0.15) is 5.75 Å². The Morgan fingerprint density at radius 3 is 2.76 bits per heavy atom. The maximum atomic E-state index is 10.1. The highest BCUT2D eigenvalue weighted by molar-refractivity contribution is 5.35. The summed E-state index contributed by atoms with van der Waals surface area (Å²) in [5.41, 5.74) is 0.852. The first-order chi connectivity index (χ1) is 8.22. The maximum absolute atomic E-state index is 10.1. The van der Waals surface area contributed by atoms with Crippen LogP contribution in [0.4, 0.5) is 0 Å². The van der Waals surface area contributed by atoms with Crippen molar-refractivity contribution < 1.29 is 9.84 Å². The van der Waals surface area contributed by atoms with Crippen molar-refractivity contribution in [1.29, 1.82) is 0 Å². The van der Waals surface area contributed by atoms with Gasteiger partial charge in [0.25, 0.3) is 0 Å². The number of para-hydroxylation sites is 1. The fraction of sp³-hybridized carbons (Fsp3) is 0.571. The second-order valence-electron chi connectivity index (χ2n) is 4.79. The Balaban J connectivity index is 1.91. The van der Waals surface area contributed by atoms with Crippen LogP contribution in [0.2, 0.25) is 0 Å². The number of methoxy groups -OCH3 is 1. The molecule has 1 aromatic carbocycles. The molecule has 2 unspecified atom stereocenters. The first kappa shape index (κ1) is 12.4. The number of rotatable bonds is 6. The number of aliphatic hydroxyl groups excluding tert-OH is 1. The summed E-state index contributed by atoms with van der Waals surface area (Å²) >= 11 is 0. The van der Waals surface area contributed by atoms with Gasteiger partial charge in [-0.05, 0) is 31.7 Å². The van der Waals surface area contributed by atoms with Crippen LogP contribution in [0, 0.1) is 5.92 Å². The Morgan fingerprint density at radius 1 is 1.41 bits per heavy atom. The van der Waals surface area contributed by atoms with Gasteiger partial charge in [-0.2, -0.15) is 0 Å². The molecule has 1 aromatic rings. The predicted molar refractivity (Wildman–Crippen MR) is 68.1 cm³/mol. The summed E-state index contributed by atoms with van der Waals surface area (Å²) in [6, 6.07) is 8.12. The van der Waals surface area contributed by atoms with Gasteiger partial charge in [-0.25, -0.2) is 0 Å². The molecule has 0 saturated heterocycles. The SMILES string of the molecule is COc1ccccc1C(O)CNC(C)C1CC1. The summed E-state index contributed by atoms with van der Waals surface area (Å²) < 4.78 is 5.25. The highest BCUT2D eigenvalue weighted by Gasteiger charge is 2.28.